The third-order valence-corrected chi connectivity index (χ3v) is 9.72. The number of alkyl carbamates (subject to hydrolysis) is 1. The molecule has 1 amide bonds. The maximum Gasteiger partial charge on any atom is 0.408 e. The maximum absolute atomic E-state index is 13.9. The van der Waals surface area contributed by atoms with Crippen LogP contribution < -0.4 is 21.2 Å². The van der Waals surface area contributed by atoms with Gasteiger partial charge in [0.1, 0.15) is 5.60 Å². The number of carbonyl (C=O) groups is 2. The van der Waals surface area contributed by atoms with Crippen molar-refractivity contribution in [2.24, 2.45) is 0 Å². The zero-order valence-corrected chi connectivity index (χ0v) is 21.4. The molecule has 6 heteroatoms. The van der Waals surface area contributed by atoms with Gasteiger partial charge in [-0.05, 0) is 57.7 Å². The molecule has 0 unspecified atom stereocenters. The average Bonchev–Trinajstić information content (AvgIpc) is 2.81. The Balaban J connectivity index is 2.30. The molecule has 0 saturated carbocycles. The number of likely N-dealkylation sites (N-methyl/N-ethyl adjacent to an activating group) is 1. The number of nitrogens with zero attached hydrogens (tertiary/aromatic N) is 1. The van der Waals surface area contributed by atoms with Crippen LogP contribution in [0.5, 0.6) is 0 Å². The minimum Gasteiger partial charge on any atom is -0.444 e. The van der Waals surface area contributed by atoms with Crippen LogP contribution in [0.4, 0.5) is 4.79 Å². The van der Waals surface area contributed by atoms with Crippen molar-refractivity contribution in [3.63, 3.8) is 0 Å². The molecule has 0 atom stereocenters. The fourth-order valence-corrected chi connectivity index (χ4v) is 8.59. The van der Waals surface area contributed by atoms with Crippen molar-refractivity contribution in [3.8, 4) is 0 Å². The SMILES string of the molecule is CN(C)C(C(=O)CNC(=O)OC(C)(C)C)=P(c1ccccc1)(c1ccccc1)c1ccccc1. The van der Waals surface area contributed by atoms with Crippen LogP contribution >= 0.6 is 6.89 Å². The summed E-state index contributed by atoms with van der Waals surface area (Å²) in [6, 6.07) is 30.5. The van der Waals surface area contributed by atoms with Gasteiger partial charge in [0.05, 0.1) is 12.0 Å². The lowest BCUT2D eigenvalue weighted by Gasteiger charge is -2.34. The summed E-state index contributed by atoms with van der Waals surface area (Å²) in [5.74, 6) is -0.152. The first-order valence-electron chi connectivity index (χ1n) is 11.3. The molecule has 5 nitrogen and oxygen atoms in total. The number of rotatable bonds is 7. The standard InChI is InChI=1S/C28H33N2O3P/c1-28(2,3)33-27(32)29-21-25(31)26(30(4)5)34(22-15-9-6-10-16-22,23-17-11-7-12-18-23)24-19-13-8-14-20-24/h6-20H,21H2,1-5H3,(H,29,32). The summed E-state index contributed by atoms with van der Waals surface area (Å²) < 4.78 is 5.35. The summed E-state index contributed by atoms with van der Waals surface area (Å²) in [5, 5.41) is 5.87. The third kappa shape index (κ3) is 5.67. The van der Waals surface area contributed by atoms with Crippen LogP contribution in [0.15, 0.2) is 91.0 Å². The minimum absolute atomic E-state index is 0.152. The van der Waals surface area contributed by atoms with Gasteiger partial charge in [0.15, 0.2) is 5.78 Å². The van der Waals surface area contributed by atoms with Gasteiger partial charge in [0.25, 0.3) is 0 Å². The molecule has 0 heterocycles. The van der Waals surface area contributed by atoms with Crippen molar-refractivity contribution in [3.05, 3.63) is 91.0 Å². The molecule has 0 aromatic heterocycles. The first kappa shape index (κ1) is 25.5. The molecule has 0 bridgehead atoms. The fourth-order valence-electron chi connectivity index (χ4n) is 4.05. The van der Waals surface area contributed by atoms with Gasteiger partial charge in [0.2, 0.25) is 0 Å². The Morgan fingerprint density at radius 1 is 0.765 bits per heavy atom. The number of amides is 1. The number of carbonyl (C=O) groups excluding carboxylic acids is 2. The monoisotopic (exact) mass is 476 g/mol. The van der Waals surface area contributed by atoms with Gasteiger partial charge in [0, 0.05) is 0 Å². The summed E-state index contributed by atoms with van der Waals surface area (Å²) in [6.45, 7) is 2.65. The normalized spacial score (nSPS) is 11.7. The number of hydrogen-bond donors (Lipinski definition) is 1. The molecule has 0 aliphatic heterocycles. The van der Waals surface area contributed by atoms with E-state index in [9.17, 15) is 9.59 Å². The van der Waals surface area contributed by atoms with E-state index in [4.69, 9.17) is 4.74 Å². The van der Waals surface area contributed by atoms with E-state index in [0.717, 1.165) is 15.9 Å². The molecule has 3 aromatic carbocycles. The maximum atomic E-state index is 13.9. The quantitative estimate of drug-likeness (QED) is 0.528. The molecule has 0 spiro atoms. The first-order valence-corrected chi connectivity index (χ1v) is 13.1. The Hall–Kier alpha value is -3.14. The second kappa shape index (κ2) is 10.9. The molecule has 0 saturated heterocycles. The van der Waals surface area contributed by atoms with Gasteiger partial charge in [-0.3, -0.25) is 9.69 Å². The molecule has 3 rings (SSSR count). The van der Waals surface area contributed by atoms with E-state index in [1.165, 1.54) is 0 Å². The van der Waals surface area contributed by atoms with Gasteiger partial charge in [-0.2, -0.15) is 0 Å². The number of ketones is 1. The second-order valence-electron chi connectivity index (χ2n) is 9.17. The van der Waals surface area contributed by atoms with E-state index in [2.05, 4.69) is 41.7 Å². The van der Waals surface area contributed by atoms with E-state index in [0.29, 0.717) is 5.42 Å². The van der Waals surface area contributed by atoms with E-state index >= 15 is 0 Å². The largest absolute Gasteiger partial charge is 0.444 e. The summed E-state index contributed by atoms with van der Waals surface area (Å²) in [7, 11) is 3.79. The number of benzene rings is 3. The lowest BCUT2D eigenvalue weighted by molar-refractivity contribution is -0.112. The van der Waals surface area contributed by atoms with E-state index in [1.54, 1.807) is 20.8 Å². The van der Waals surface area contributed by atoms with Crippen LogP contribution in [0, 0.1) is 0 Å². The number of ether oxygens (including phenoxy) is 1. The van der Waals surface area contributed by atoms with Crippen LogP contribution in [-0.4, -0.2) is 48.4 Å². The molecular formula is C28H33N2O3P. The predicted octanol–water partition coefficient (Wildman–Crippen LogP) is 3.77. The Kier molecular flexibility index (Phi) is 8.14. The van der Waals surface area contributed by atoms with Crippen molar-refractivity contribution in [2.75, 3.05) is 20.6 Å². The van der Waals surface area contributed by atoms with Crippen LogP contribution in [-0.2, 0) is 9.53 Å². The zero-order valence-electron chi connectivity index (χ0n) is 20.5. The number of nitrogens with one attached hydrogen (secondary N) is 1. The Morgan fingerprint density at radius 2 is 1.15 bits per heavy atom. The highest BCUT2D eigenvalue weighted by Crippen LogP contribution is 2.46. The highest BCUT2D eigenvalue weighted by Gasteiger charge is 2.34. The van der Waals surface area contributed by atoms with Crippen molar-refractivity contribution in [1.82, 2.24) is 10.2 Å². The summed E-state index contributed by atoms with van der Waals surface area (Å²) in [6.07, 6.45) is -0.609. The molecule has 1 N–H and O–H groups in total. The van der Waals surface area contributed by atoms with Gasteiger partial charge < -0.3 is 10.1 Å². The average molecular weight is 477 g/mol. The second-order valence-corrected chi connectivity index (χ2v) is 12.5. The zero-order chi connectivity index (χ0) is 24.8. The Bertz CT molecular complexity index is 1070. The van der Waals surface area contributed by atoms with E-state index < -0.39 is 18.6 Å². The molecular weight excluding hydrogens is 443 g/mol. The summed E-state index contributed by atoms with van der Waals surface area (Å²) in [5.41, 5.74) is 0.0166. The van der Waals surface area contributed by atoms with E-state index in [1.807, 2.05) is 73.6 Å². The highest BCUT2D eigenvalue weighted by atomic mass is 31.2. The van der Waals surface area contributed by atoms with Crippen LogP contribution in [0.2, 0.25) is 0 Å². The van der Waals surface area contributed by atoms with Gasteiger partial charge in [-0.1, -0.05) is 91.0 Å². The van der Waals surface area contributed by atoms with Crippen LogP contribution in [0.3, 0.4) is 0 Å². The van der Waals surface area contributed by atoms with Crippen molar-refractivity contribution < 1.29 is 14.3 Å². The van der Waals surface area contributed by atoms with Crippen LogP contribution in [0.25, 0.3) is 0 Å². The molecule has 0 radical (unpaired) electrons. The first-order chi connectivity index (χ1) is 16.2. The molecule has 34 heavy (non-hydrogen) atoms. The van der Waals surface area contributed by atoms with Crippen molar-refractivity contribution in [1.29, 1.82) is 0 Å². The molecule has 0 aliphatic carbocycles. The van der Waals surface area contributed by atoms with Gasteiger partial charge >= 0.3 is 6.09 Å². The van der Waals surface area contributed by atoms with Crippen LogP contribution in [0.1, 0.15) is 20.8 Å². The predicted molar refractivity (Wildman–Crippen MR) is 143 cm³/mol. The lowest BCUT2D eigenvalue weighted by Crippen LogP contribution is -2.45. The van der Waals surface area contributed by atoms with Gasteiger partial charge in [-0.25, -0.2) is 4.79 Å². The minimum atomic E-state index is -2.58. The summed E-state index contributed by atoms with van der Waals surface area (Å²) in [4.78, 5) is 28.1. The Morgan fingerprint density at radius 3 is 1.47 bits per heavy atom. The van der Waals surface area contributed by atoms with Crippen molar-refractivity contribution in [2.45, 2.75) is 26.4 Å². The topological polar surface area (TPSA) is 58.6 Å². The smallest absolute Gasteiger partial charge is 0.408 e. The third-order valence-electron chi connectivity index (χ3n) is 5.21. The fraction of sp³-hybridized carbons (Fsp3) is 0.250. The van der Waals surface area contributed by atoms with Crippen molar-refractivity contribution >= 4 is 40.1 Å². The molecule has 0 aliphatic rings. The van der Waals surface area contributed by atoms with Gasteiger partial charge in [-0.15, -0.1) is 0 Å². The molecule has 3 aromatic rings. The summed E-state index contributed by atoms with van der Waals surface area (Å²) >= 11 is 0. The van der Waals surface area contributed by atoms with E-state index in [-0.39, 0.29) is 12.3 Å². The number of Topliss-reactive ketones (excluding diaryl/α,β-unsaturated/α-hetero) is 1. The molecule has 178 valence electrons. The highest BCUT2D eigenvalue weighted by molar-refractivity contribution is 7.96. The Labute approximate surface area is 202 Å². The molecule has 0 fully saturated rings. The lowest BCUT2D eigenvalue weighted by atomic mass is 10.2. The number of hydrogen-bond acceptors (Lipinski definition) is 3.